The van der Waals surface area contributed by atoms with Gasteiger partial charge in [0.2, 0.25) is 0 Å². The summed E-state index contributed by atoms with van der Waals surface area (Å²) in [6.07, 6.45) is 6.09. The second-order valence-corrected chi connectivity index (χ2v) is 3.11. The number of aromatic nitrogens is 2. The third-order valence-corrected chi connectivity index (χ3v) is 2.06. The standard InChI is InChI=1S/C10H16N2O2/c1-3-4-9-11-6-8-12(9)7-5-10(13)14-2/h6,8H,3-5,7H2,1-2H3. The predicted molar refractivity (Wildman–Crippen MR) is 52.9 cm³/mol. The van der Waals surface area contributed by atoms with Gasteiger partial charge in [-0.2, -0.15) is 0 Å². The number of imidazole rings is 1. The van der Waals surface area contributed by atoms with Crippen LogP contribution in [0.25, 0.3) is 0 Å². The van der Waals surface area contributed by atoms with Crippen molar-refractivity contribution in [3.8, 4) is 0 Å². The summed E-state index contributed by atoms with van der Waals surface area (Å²) in [4.78, 5) is 15.1. The van der Waals surface area contributed by atoms with E-state index in [1.807, 2.05) is 10.8 Å². The van der Waals surface area contributed by atoms with Gasteiger partial charge in [0.1, 0.15) is 5.82 Å². The Morgan fingerprint density at radius 2 is 2.43 bits per heavy atom. The number of hydrogen-bond donors (Lipinski definition) is 0. The van der Waals surface area contributed by atoms with E-state index in [0.717, 1.165) is 18.7 Å². The van der Waals surface area contributed by atoms with Crippen molar-refractivity contribution in [2.24, 2.45) is 0 Å². The predicted octanol–water partition coefficient (Wildman–Crippen LogP) is 1.40. The number of hydrogen-bond acceptors (Lipinski definition) is 3. The fourth-order valence-corrected chi connectivity index (χ4v) is 1.31. The van der Waals surface area contributed by atoms with Gasteiger partial charge in [-0.1, -0.05) is 6.92 Å². The Balaban J connectivity index is 2.49. The molecule has 4 nitrogen and oxygen atoms in total. The first-order valence-electron chi connectivity index (χ1n) is 4.84. The summed E-state index contributed by atoms with van der Waals surface area (Å²) in [6.45, 7) is 2.77. The van der Waals surface area contributed by atoms with E-state index in [-0.39, 0.29) is 5.97 Å². The molecule has 1 aromatic rings. The lowest BCUT2D eigenvalue weighted by Crippen LogP contribution is -2.09. The number of carbonyl (C=O) groups excluding carboxylic acids is 1. The molecule has 0 bridgehead atoms. The minimum absolute atomic E-state index is 0.179. The van der Waals surface area contributed by atoms with Gasteiger partial charge in [-0.05, 0) is 6.42 Å². The Kier molecular flexibility index (Phi) is 4.16. The third-order valence-electron chi connectivity index (χ3n) is 2.06. The molecular formula is C10H16N2O2. The number of aryl methyl sites for hydroxylation is 2. The molecule has 0 aliphatic heterocycles. The number of esters is 1. The summed E-state index contributed by atoms with van der Waals surface area (Å²) in [6, 6.07) is 0. The minimum Gasteiger partial charge on any atom is -0.469 e. The first-order valence-corrected chi connectivity index (χ1v) is 4.84. The second-order valence-electron chi connectivity index (χ2n) is 3.11. The van der Waals surface area contributed by atoms with E-state index in [4.69, 9.17) is 0 Å². The van der Waals surface area contributed by atoms with Gasteiger partial charge in [-0.3, -0.25) is 4.79 Å². The van der Waals surface area contributed by atoms with Gasteiger partial charge in [-0.25, -0.2) is 4.98 Å². The van der Waals surface area contributed by atoms with Gasteiger partial charge in [0.05, 0.1) is 13.5 Å². The Morgan fingerprint density at radius 1 is 1.64 bits per heavy atom. The van der Waals surface area contributed by atoms with Crippen molar-refractivity contribution in [2.75, 3.05) is 7.11 Å². The van der Waals surface area contributed by atoms with Crippen LogP contribution in [0.3, 0.4) is 0 Å². The molecule has 1 aromatic heterocycles. The highest BCUT2D eigenvalue weighted by atomic mass is 16.5. The maximum atomic E-state index is 10.9. The van der Waals surface area contributed by atoms with Crippen LogP contribution in [-0.4, -0.2) is 22.6 Å². The molecule has 14 heavy (non-hydrogen) atoms. The number of carbonyl (C=O) groups is 1. The van der Waals surface area contributed by atoms with Crippen LogP contribution < -0.4 is 0 Å². The molecule has 0 aromatic carbocycles. The summed E-state index contributed by atoms with van der Waals surface area (Å²) in [5.41, 5.74) is 0. The summed E-state index contributed by atoms with van der Waals surface area (Å²) < 4.78 is 6.58. The van der Waals surface area contributed by atoms with Gasteiger partial charge in [0, 0.05) is 25.4 Å². The Labute approximate surface area is 83.9 Å². The molecule has 0 aliphatic rings. The normalized spacial score (nSPS) is 10.1. The monoisotopic (exact) mass is 196 g/mol. The van der Waals surface area contributed by atoms with Gasteiger partial charge in [-0.15, -0.1) is 0 Å². The Morgan fingerprint density at radius 3 is 3.07 bits per heavy atom. The summed E-state index contributed by atoms with van der Waals surface area (Å²) >= 11 is 0. The molecule has 4 heteroatoms. The van der Waals surface area contributed by atoms with E-state index < -0.39 is 0 Å². The lowest BCUT2D eigenvalue weighted by molar-refractivity contribution is -0.140. The van der Waals surface area contributed by atoms with Crippen molar-refractivity contribution < 1.29 is 9.53 Å². The number of nitrogens with zero attached hydrogens (tertiary/aromatic N) is 2. The average Bonchev–Trinajstić information content (AvgIpc) is 2.62. The molecule has 0 saturated carbocycles. The van der Waals surface area contributed by atoms with Crippen LogP contribution in [0.15, 0.2) is 12.4 Å². The zero-order chi connectivity index (χ0) is 10.4. The molecule has 0 amide bonds. The number of rotatable bonds is 5. The lowest BCUT2D eigenvalue weighted by Gasteiger charge is -2.05. The molecule has 78 valence electrons. The minimum atomic E-state index is -0.179. The highest BCUT2D eigenvalue weighted by molar-refractivity contribution is 5.68. The van der Waals surface area contributed by atoms with Crippen LogP contribution in [0.4, 0.5) is 0 Å². The molecule has 0 atom stereocenters. The molecule has 0 spiro atoms. The van der Waals surface area contributed by atoms with Gasteiger partial charge in [0.15, 0.2) is 0 Å². The van der Waals surface area contributed by atoms with Gasteiger partial charge >= 0.3 is 5.97 Å². The van der Waals surface area contributed by atoms with Crippen molar-refractivity contribution in [2.45, 2.75) is 32.7 Å². The highest BCUT2D eigenvalue weighted by Crippen LogP contribution is 2.02. The van der Waals surface area contributed by atoms with Crippen molar-refractivity contribution in [1.82, 2.24) is 9.55 Å². The van der Waals surface area contributed by atoms with Crippen molar-refractivity contribution in [3.05, 3.63) is 18.2 Å². The molecule has 1 heterocycles. The van der Waals surface area contributed by atoms with Crippen LogP contribution in [-0.2, 0) is 22.5 Å². The largest absolute Gasteiger partial charge is 0.469 e. The van der Waals surface area contributed by atoms with E-state index in [2.05, 4.69) is 16.6 Å². The van der Waals surface area contributed by atoms with Gasteiger partial charge < -0.3 is 9.30 Å². The van der Waals surface area contributed by atoms with Crippen LogP contribution in [0, 0.1) is 0 Å². The SMILES string of the molecule is CCCc1nccn1CCC(=O)OC. The molecule has 0 aliphatic carbocycles. The summed E-state index contributed by atoms with van der Waals surface area (Å²) in [5.74, 6) is 0.859. The fourth-order valence-electron chi connectivity index (χ4n) is 1.31. The smallest absolute Gasteiger partial charge is 0.307 e. The second kappa shape index (κ2) is 5.42. The van der Waals surface area contributed by atoms with E-state index in [1.165, 1.54) is 7.11 Å². The average molecular weight is 196 g/mol. The van der Waals surface area contributed by atoms with Crippen LogP contribution in [0.5, 0.6) is 0 Å². The first-order chi connectivity index (χ1) is 6.77. The maximum Gasteiger partial charge on any atom is 0.307 e. The Bertz CT molecular complexity index is 294. The van der Waals surface area contributed by atoms with Crippen molar-refractivity contribution >= 4 is 5.97 Å². The zero-order valence-electron chi connectivity index (χ0n) is 8.69. The fraction of sp³-hybridized carbons (Fsp3) is 0.600. The van der Waals surface area contributed by atoms with E-state index in [9.17, 15) is 4.79 Å². The van der Waals surface area contributed by atoms with E-state index in [0.29, 0.717) is 13.0 Å². The van der Waals surface area contributed by atoms with Crippen molar-refractivity contribution in [3.63, 3.8) is 0 Å². The number of ether oxygens (including phenoxy) is 1. The van der Waals surface area contributed by atoms with Gasteiger partial charge in [0.25, 0.3) is 0 Å². The zero-order valence-corrected chi connectivity index (χ0v) is 8.69. The molecule has 0 radical (unpaired) electrons. The lowest BCUT2D eigenvalue weighted by atomic mass is 10.3. The van der Waals surface area contributed by atoms with Crippen LogP contribution in [0.1, 0.15) is 25.6 Å². The molecule has 1 rings (SSSR count). The topological polar surface area (TPSA) is 44.1 Å². The van der Waals surface area contributed by atoms with Crippen LogP contribution >= 0.6 is 0 Å². The summed E-state index contributed by atoms with van der Waals surface area (Å²) in [7, 11) is 1.41. The van der Waals surface area contributed by atoms with Crippen LogP contribution in [0.2, 0.25) is 0 Å². The Hall–Kier alpha value is -1.32. The molecule has 0 fully saturated rings. The van der Waals surface area contributed by atoms with E-state index >= 15 is 0 Å². The molecule has 0 saturated heterocycles. The van der Waals surface area contributed by atoms with Crippen molar-refractivity contribution in [1.29, 1.82) is 0 Å². The first kappa shape index (κ1) is 10.8. The third kappa shape index (κ3) is 2.87. The molecule has 0 N–H and O–H groups in total. The molecule has 0 unspecified atom stereocenters. The quantitative estimate of drug-likeness (QED) is 0.668. The maximum absolute atomic E-state index is 10.9. The molecular weight excluding hydrogens is 180 g/mol. The highest BCUT2D eigenvalue weighted by Gasteiger charge is 2.04. The number of methoxy groups -OCH3 is 1. The van der Waals surface area contributed by atoms with E-state index in [1.54, 1.807) is 6.20 Å². The summed E-state index contributed by atoms with van der Waals surface area (Å²) in [5, 5.41) is 0.